The average Bonchev–Trinajstić information content (AvgIpc) is 1.87. The van der Waals surface area contributed by atoms with Crippen molar-refractivity contribution in [2.75, 3.05) is 20.7 Å². The highest BCUT2D eigenvalue weighted by molar-refractivity contribution is 5.77. The lowest BCUT2D eigenvalue weighted by molar-refractivity contribution is -0.132. The second kappa shape index (κ2) is 4.28. The third kappa shape index (κ3) is 2.82. The normalized spacial score (nSPS) is 12.8. The minimum atomic E-state index is -0.0556. The Labute approximate surface area is 61.6 Å². The molecular weight excluding hydrogens is 130 g/mol. The van der Waals surface area contributed by atoms with E-state index >= 15 is 0 Å². The van der Waals surface area contributed by atoms with E-state index in [4.69, 9.17) is 5.11 Å². The second-order valence-electron chi connectivity index (χ2n) is 2.65. The van der Waals surface area contributed by atoms with Crippen LogP contribution in [0, 0.1) is 5.92 Å². The maximum absolute atomic E-state index is 11.0. The van der Waals surface area contributed by atoms with Crippen molar-refractivity contribution in [3.05, 3.63) is 0 Å². The van der Waals surface area contributed by atoms with E-state index in [1.165, 1.54) is 0 Å². The van der Waals surface area contributed by atoms with Crippen molar-refractivity contribution >= 4 is 5.91 Å². The fraction of sp³-hybridized carbons (Fsp3) is 0.857. The lowest BCUT2D eigenvalue weighted by Crippen LogP contribution is -2.28. The summed E-state index contributed by atoms with van der Waals surface area (Å²) in [5, 5.41) is 8.50. The predicted octanol–water partition coefficient (Wildman–Crippen LogP) is 0.0931. The monoisotopic (exact) mass is 145 g/mol. The molecule has 0 saturated heterocycles. The van der Waals surface area contributed by atoms with Gasteiger partial charge in [-0.2, -0.15) is 0 Å². The number of aliphatic hydroxyl groups excluding tert-OH is 1. The van der Waals surface area contributed by atoms with Gasteiger partial charge in [-0.3, -0.25) is 4.79 Å². The maximum atomic E-state index is 11.0. The van der Waals surface area contributed by atoms with Gasteiger partial charge in [0.1, 0.15) is 0 Å². The zero-order chi connectivity index (χ0) is 8.15. The molecule has 0 aliphatic heterocycles. The molecule has 0 rings (SSSR count). The lowest BCUT2D eigenvalue weighted by atomic mass is 10.1. The van der Waals surface area contributed by atoms with Crippen molar-refractivity contribution in [3.63, 3.8) is 0 Å². The Kier molecular flexibility index (Phi) is 4.03. The Balaban J connectivity index is 3.71. The van der Waals surface area contributed by atoms with Crippen molar-refractivity contribution in [3.8, 4) is 0 Å². The van der Waals surface area contributed by atoms with E-state index in [9.17, 15) is 4.79 Å². The summed E-state index contributed by atoms with van der Waals surface area (Å²) in [6.07, 6.45) is 0.553. The van der Waals surface area contributed by atoms with E-state index in [1.54, 1.807) is 19.0 Å². The fourth-order valence-corrected chi connectivity index (χ4v) is 0.758. The number of carbonyl (C=O) groups excluding carboxylic acids is 1. The van der Waals surface area contributed by atoms with E-state index in [0.29, 0.717) is 6.42 Å². The van der Waals surface area contributed by atoms with Crippen LogP contribution in [0.3, 0.4) is 0 Å². The van der Waals surface area contributed by atoms with Gasteiger partial charge in [0.2, 0.25) is 5.91 Å². The predicted molar refractivity (Wildman–Crippen MR) is 39.6 cm³/mol. The fourth-order valence-electron chi connectivity index (χ4n) is 0.758. The van der Waals surface area contributed by atoms with Crippen LogP contribution in [0.1, 0.15) is 13.3 Å². The molecule has 0 saturated carbocycles. The van der Waals surface area contributed by atoms with Crippen LogP contribution >= 0.6 is 0 Å². The maximum Gasteiger partial charge on any atom is 0.224 e. The Bertz CT molecular complexity index is 112. The van der Waals surface area contributed by atoms with Gasteiger partial charge >= 0.3 is 0 Å². The topological polar surface area (TPSA) is 40.5 Å². The molecule has 0 aromatic carbocycles. The summed E-state index contributed by atoms with van der Waals surface area (Å²) in [5.41, 5.74) is 0. The summed E-state index contributed by atoms with van der Waals surface area (Å²) in [4.78, 5) is 12.6. The van der Waals surface area contributed by atoms with Crippen molar-refractivity contribution in [1.82, 2.24) is 4.90 Å². The average molecular weight is 145 g/mol. The number of aliphatic hydroxyl groups is 1. The molecule has 0 aromatic rings. The van der Waals surface area contributed by atoms with E-state index in [2.05, 4.69) is 0 Å². The van der Waals surface area contributed by atoms with Gasteiger partial charge in [0.15, 0.2) is 0 Å². The first-order valence-corrected chi connectivity index (χ1v) is 3.41. The van der Waals surface area contributed by atoms with Gasteiger partial charge in [0.25, 0.3) is 0 Å². The molecule has 0 fully saturated rings. The smallest absolute Gasteiger partial charge is 0.224 e. The molecule has 0 radical (unpaired) electrons. The zero-order valence-electron chi connectivity index (χ0n) is 6.79. The van der Waals surface area contributed by atoms with Crippen LogP contribution < -0.4 is 0 Å². The summed E-state index contributed by atoms with van der Waals surface area (Å²) >= 11 is 0. The van der Waals surface area contributed by atoms with Crippen LogP contribution in [-0.2, 0) is 4.79 Å². The van der Waals surface area contributed by atoms with Crippen LogP contribution in [0.15, 0.2) is 0 Å². The number of nitrogens with zero attached hydrogens (tertiary/aromatic N) is 1. The minimum Gasteiger partial charge on any atom is -0.396 e. The highest BCUT2D eigenvalue weighted by atomic mass is 16.3. The molecule has 60 valence electrons. The molecule has 0 bridgehead atoms. The molecule has 3 heteroatoms. The Morgan fingerprint density at radius 2 is 2.10 bits per heavy atom. The molecule has 0 heterocycles. The number of hydrogen-bond donors (Lipinski definition) is 1. The SMILES string of the molecule is C[C@@H](CCO)C(=O)N(C)C. The first-order chi connectivity index (χ1) is 4.59. The Hall–Kier alpha value is -0.570. The van der Waals surface area contributed by atoms with Gasteiger partial charge < -0.3 is 10.0 Å². The molecule has 0 unspecified atom stereocenters. The lowest BCUT2D eigenvalue weighted by Gasteiger charge is -2.15. The van der Waals surface area contributed by atoms with Crippen molar-refractivity contribution < 1.29 is 9.90 Å². The van der Waals surface area contributed by atoms with E-state index in [-0.39, 0.29) is 18.4 Å². The largest absolute Gasteiger partial charge is 0.396 e. The second-order valence-corrected chi connectivity index (χ2v) is 2.65. The summed E-state index contributed by atoms with van der Waals surface area (Å²) < 4.78 is 0. The van der Waals surface area contributed by atoms with Gasteiger partial charge in [0, 0.05) is 26.6 Å². The summed E-state index contributed by atoms with van der Waals surface area (Å²) in [6.45, 7) is 1.90. The summed E-state index contributed by atoms with van der Waals surface area (Å²) in [6, 6.07) is 0. The quantitative estimate of drug-likeness (QED) is 0.611. The van der Waals surface area contributed by atoms with Gasteiger partial charge in [0.05, 0.1) is 0 Å². The van der Waals surface area contributed by atoms with Crippen LogP contribution in [-0.4, -0.2) is 36.6 Å². The first-order valence-electron chi connectivity index (χ1n) is 3.41. The molecular formula is C7H15NO2. The molecule has 1 N–H and O–H groups in total. The Morgan fingerprint density at radius 3 is 2.40 bits per heavy atom. The van der Waals surface area contributed by atoms with E-state index in [1.807, 2.05) is 6.92 Å². The summed E-state index contributed by atoms with van der Waals surface area (Å²) in [7, 11) is 3.44. The van der Waals surface area contributed by atoms with Gasteiger partial charge in [-0.05, 0) is 6.42 Å². The number of carbonyl (C=O) groups is 1. The molecule has 0 aliphatic rings. The molecule has 0 spiro atoms. The van der Waals surface area contributed by atoms with Crippen molar-refractivity contribution in [1.29, 1.82) is 0 Å². The first kappa shape index (κ1) is 9.43. The van der Waals surface area contributed by atoms with Crippen LogP contribution in [0.4, 0.5) is 0 Å². The molecule has 0 aromatic heterocycles. The third-order valence-corrected chi connectivity index (χ3v) is 1.42. The van der Waals surface area contributed by atoms with E-state index < -0.39 is 0 Å². The number of amides is 1. The summed E-state index contributed by atoms with van der Waals surface area (Å²) in [5.74, 6) is 0.0223. The molecule has 0 aliphatic carbocycles. The van der Waals surface area contributed by atoms with E-state index in [0.717, 1.165) is 0 Å². The van der Waals surface area contributed by atoms with Crippen LogP contribution in [0.5, 0.6) is 0 Å². The Morgan fingerprint density at radius 1 is 1.60 bits per heavy atom. The molecule has 1 amide bonds. The number of hydrogen-bond acceptors (Lipinski definition) is 2. The van der Waals surface area contributed by atoms with Crippen molar-refractivity contribution in [2.24, 2.45) is 5.92 Å². The molecule has 10 heavy (non-hydrogen) atoms. The van der Waals surface area contributed by atoms with Crippen LogP contribution in [0.2, 0.25) is 0 Å². The highest BCUT2D eigenvalue weighted by Gasteiger charge is 2.12. The van der Waals surface area contributed by atoms with Gasteiger partial charge in [-0.15, -0.1) is 0 Å². The zero-order valence-corrected chi connectivity index (χ0v) is 6.79. The third-order valence-electron chi connectivity index (χ3n) is 1.42. The highest BCUT2D eigenvalue weighted by Crippen LogP contribution is 2.02. The minimum absolute atomic E-state index is 0.0556. The standard InChI is InChI=1S/C7H15NO2/c1-6(4-5-9)7(10)8(2)3/h6,9H,4-5H2,1-3H3/t6-/m0/s1. The van der Waals surface area contributed by atoms with Gasteiger partial charge in [-0.25, -0.2) is 0 Å². The van der Waals surface area contributed by atoms with Gasteiger partial charge in [-0.1, -0.05) is 6.92 Å². The molecule has 3 nitrogen and oxygen atoms in total. The number of rotatable bonds is 3. The van der Waals surface area contributed by atoms with Crippen LogP contribution in [0.25, 0.3) is 0 Å². The van der Waals surface area contributed by atoms with Crippen molar-refractivity contribution in [2.45, 2.75) is 13.3 Å². The molecule has 1 atom stereocenters.